The fourth-order valence-corrected chi connectivity index (χ4v) is 2.71. The number of sulfonamides is 1. The van der Waals surface area contributed by atoms with E-state index in [1.807, 2.05) is 0 Å². The minimum absolute atomic E-state index is 0.0152. The highest BCUT2D eigenvalue weighted by molar-refractivity contribution is 9.10. The van der Waals surface area contributed by atoms with Crippen molar-refractivity contribution in [3.63, 3.8) is 0 Å². The minimum atomic E-state index is -3.76. The van der Waals surface area contributed by atoms with Crippen LogP contribution in [0.5, 0.6) is 5.75 Å². The first kappa shape index (κ1) is 15.5. The van der Waals surface area contributed by atoms with Gasteiger partial charge in [-0.2, -0.15) is 0 Å². The van der Waals surface area contributed by atoms with Crippen LogP contribution in [0.15, 0.2) is 27.6 Å². The molecule has 0 spiro atoms. The maximum atomic E-state index is 11.4. The fourth-order valence-electron chi connectivity index (χ4n) is 1.50. The highest BCUT2D eigenvalue weighted by atomic mass is 79.9. The van der Waals surface area contributed by atoms with Crippen LogP contribution < -0.4 is 9.88 Å². The summed E-state index contributed by atoms with van der Waals surface area (Å²) in [6.45, 7) is 4.76. The molecule has 0 amide bonds. The van der Waals surface area contributed by atoms with E-state index in [2.05, 4.69) is 29.8 Å². The van der Waals surface area contributed by atoms with Gasteiger partial charge in [0.25, 0.3) is 0 Å². The number of rotatable bonds is 6. The van der Waals surface area contributed by atoms with Crippen molar-refractivity contribution in [2.75, 3.05) is 6.61 Å². The lowest BCUT2D eigenvalue weighted by Gasteiger charge is -2.11. The first-order valence-corrected chi connectivity index (χ1v) is 8.10. The normalized spacial score (nSPS) is 11.8. The molecular formula is C12H18BrNO3S. The Bertz CT molecular complexity index is 500. The van der Waals surface area contributed by atoms with Gasteiger partial charge in [-0.3, -0.25) is 0 Å². The second-order valence-electron chi connectivity index (χ2n) is 4.52. The van der Waals surface area contributed by atoms with Crippen LogP contribution in [0.25, 0.3) is 0 Å². The lowest BCUT2D eigenvalue weighted by molar-refractivity contribution is 0.290. The minimum Gasteiger partial charge on any atom is -0.492 e. The molecule has 0 unspecified atom stereocenters. The van der Waals surface area contributed by atoms with Crippen molar-refractivity contribution in [2.45, 2.75) is 31.6 Å². The molecule has 4 nitrogen and oxygen atoms in total. The Labute approximate surface area is 117 Å². The van der Waals surface area contributed by atoms with Crippen molar-refractivity contribution in [1.29, 1.82) is 0 Å². The van der Waals surface area contributed by atoms with Crippen molar-refractivity contribution in [3.8, 4) is 5.75 Å². The summed E-state index contributed by atoms with van der Waals surface area (Å²) in [5.41, 5.74) is 0. The second kappa shape index (κ2) is 6.54. The molecule has 0 aromatic heterocycles. The monoisotopic (exact) mass is 335 g/mol. The first-order valence-electron chi connectivity index (χ1n) is 5.76. The van der Waals surface area contributed by atoms with Crippen molar-refractivity contribution >= 4 is 26.0 Å². The number of nitrogens with two attached hydrogens (primary N) is 1. The lowest BCUT2D eigenvalue weighted by Crippen LogP contribution is -2.14. The molecule has 18 heavy (non-hydrogen) atoms. The van der Waals surface area contributed by atoms with E-state index in [-0.39, 0.29) is 4.90 Å². The number of hydrogen-bond donors (Lipinski definition) is 1. The van der Waals surface area contributed by atoms with Gasteiger partial charge in [0.05, 0.1) is 6.61 Å². The van der Waals surface area contributed by atoms with E-state index in [1.54, 1.807) is 12.1 Å². The summed E-state index contributed by atoms with van der Waals surface area (Å²) in [6.07, 6.45) is 1.93. The van der Waals surface area contributed by atoms with E-state index >= 15 is 0 Å². The van der Waals surface area contributed by atoms with Crippen LogP contribution >= 0.6 is 15.9 Å². The molecule has 0 saturated carbocycles. The molecule has 0 bridgehead atoms. The average molecular weight is 336 g/mol. The molecule has 0 atom stereocenters. The summed E-state index contributed by atoms with van der Waals surface area (Å²) in [5.74, 6) is 0.917. The molecule has 0 radical (unpaired) electrons. The Morgan fingerprint density at radius 2 is 2.06 bits per heavy atom. The van der Waals surface area contributed by atoms with Gasteiger partial charge in [0.2, 0.25) is 10.0 Å². The zero-order valence-corrected chi connectivity index (χ0v) is 12.9. The topological polar surface area (TPSA) is 69.4 Å². The molecule has 0 saturated heterocycles. The third kappa shape index (κ3) is 4.96. The molecule has 1 rings (SSSR count). The quantitative estimate of drug-likeness (QED) is 0.812. The van der Waals surface area contributed by atoms with Gasteiger partial charge < -0.3 is 4.74 Å². The van der Waals surface area contributed by atoms with E-state index < -0.39 is 10.0 Å². The van der Waals surface area contributed by atoms with Crippen LogP contribution in [0, 0.1) is 5.92 Å². The van der Waals surface area contributed by atoms with Crippen molar-refractivity contribution in [1.82, 2.24) is 0 Å². The summed E-state index contributed by atoms with van der Waals surface area (Å²) < 4.78 is 29.0. The molecule has 0 aliphatic rings. The summed E-state index contributed by atoms with van der Waals surface area (Å²) in [6, 6.07) is 4.79. The van der Waals surface area contributed by atoms with Crippen LogP contribution in [0.3, 0.4) is 0 Å². The van der Waals surface area contributed by atoms with E-state index in [1.165, 1.54) is 6.07 Å². The SMILES string of the molecule is CC(C)CCCOc1ccc(Br)cc1S(N)(=O)=O. The highest BCUT2D eigenvalue weighted by Crippen LogP contribution is 2.26. The molecule has 0 aliphatic carbocycles. The number of halogens is 1. The molecule has 6 heteroatoms. The Morgan fingerprint density at radius 1 is 1.39 bits per heavy atom. The second-order valence-corrected chi connectivity index (χ2v) is 6.97. The number of benzene rings is 1. The van der Waals surface area contributed by atoms with Crippen LogP contribution in [-0.4, -0.2) is 15.0 Å². The zero-order valence-electron chi connectivity index (χ0n) is 10.5. The molecule has 0 aliphatic heterocycles. The maximum absolute atomic E-state index is 11.4. The number of primary sulfonamides is 1. The smallest absolute Gasteiger partial charge is 0.241 e. The van der Waals surface area contributed by atoms with Gasteiger partial charge in [-0.05, 0) is 37.0 Å². The Hall–Kier alpha value is -0.590. The molecule has 0 heterocycles. The van der Waals surface area contributed by atoms with Gasteiger partial charge in [-0.15, -0.1) is 0 Å². The summed E-state index contributed by atoms with van der Waals surface area (Å²) in [4.78, 5) is 0.0152. The standard InChI is InChI=1S/C12H18BrNO3S/c1-9(2)4-3-7-17-11-6-5-10(13)8-12(11)18(14,15)16/h5-6,8-9H,3-4,7H2,1-2H3,(H2,14,15,16). The Kier molecular flexibility index (Phi) is 5.62. The van der Waals surface area contributed by atoms with Gasteiger partial charge >= 0.3 is 0 Å². The van der Waals surface area contributed by atoms with Crippen LogP contribution in [0.2, 0.25) is 0 Å². The summed E-state index contributed by atoms with van der Waals surface area (Å²) in [7, 11) is -3.76. The van der Waals surface area contributed by atoms with E-state index in [4.69, 9.17) is 9.88 Å². The summed E-state index contributed by atoms with van der Waals surface area (Å²) >= 11 is 3.21. The van der Waals surface area contributed by atoms with Gasteiger partial charge in [0.15, 0.2) is 0 Å². The number of ether oxygens (including phenoxy) is 1. The molecule has 102 valence electrons. The van der Waals surface area contributed by atoms with Crippen molar-refractivity contribution in [2.24, 2.45) is 11.1 Å². The summed E-state index contributed by atoms with van der Waals surface area (Å²) in [5, 5.41) is 5.15. The third-order valence-electron chi connectivity index (χ3n) is 2.40. The molecular weight excluding hydrogens is 318 g/mol. The molecule has 1 aromatic carbocycles. The zero-order chi connectivity index (χ0) is 13.8. The van der Waals surface area contributed by atoms with Gasteiger partial charge in [-0.1, -0.05) is 29.8 Å². The number of hydrogen-bond acceptors (Lipinski definition) is 3. The molecule has 1 aromatic rings. The van der Waals surface area contributed by atoms with Crippen molar-refractivity contribution in [3.05, 3.63) is 22.7 Å². The van der Waals surface area contributed by atoms with Crippen LogP contribution in [0.1, 0.15) is 26.7 Å². The largest absolute Gasteiger partial charge is 0.492 e. The maximum Gasteiger partial charge on any atom is 0.241 e. The highest BCUT2D eigenvalue weighted by Gasteiger charge is 2.15. The van der Waals surface area contributed by atoms with Gasteiger partial charge in [0.1, 0.15) is 10.6 Å². The van der Waals surface area contributed by atoms with E-state index in [0.29, 0.717) is 22.7 Å². The Balaban J connectivity index is 2.77. The average Bonchev–Trinajstić information content (AvgIpc) is 2.24. The fraction of sp³-hybridized carbons (Fsp3) is 0.500. The predicted molar refractivity (Wildman–Crippen MR) is 75.1 cm³/mol. The Morgan fingerprint density at radius 3 is 2.61 bits per heavy atom. The van der Waals surface area contributed by atoms with E-state index in [0.717, 1.165) is 12.8 Å². The predicted octanol–water partition coefficient (Wildman–Crippen LogP) is 2.91. The van der Waals surface area contributed by atoms with Gasteiger partial charge in [-0.25, -0.2) is 13.6 Å². The van der Waals surface area contributed by atoms with Gasteiger partial charge in [0, 0.05) is 4.47 Å². The van der Waals surface area contributed by atoms with E-state index in [9.17, 15) is 8.42 Å². The lowest BCUT2D eigenvalue weighted by atomic mass is 10.1. The molecule has 0 fully saturated rings. The van der Waals surface area contributed by atoms with Crippen LogP contribution in [0.4, 0.5) is 0 Å². The first-order chi connectivity index (χ1) is 8.30. The third-order valence-corrected chi connectivity index (χ3v) is 3.82. The molecule has 2 N–H and O–H groups in total. The van der Waals surface area contributed by atoms with Crippen molar-refractivity contribution < 1.29 is 13.2 Å². The van der Waals surface area contributed by atoms with Crippen LogP contribution in [-0.2, 0) is 10.0 Å².